The molecule has 4 aliphatic heterocycles. The molecule has 78 heavy (non-hydrogen) atoms. The summed E-state index contributed by atoms with van der Waals surface area (Å²) in [6.45, 7) is 1.09. The normalized spacial score (nSPS) is 18.4. The Labute approximate surface area is 452 Å². The van der Waals surface area contributed by atoms with E-state index in [1.165, 1.54) is 9.47 Å². The van der Waals surface area contributed by atoms with Gasteiger partial charge in [0.05, 0.1) is 11.0 Å². The van der Waals surface area contributed by atoms with Gasteiger partial charge in [-0.15, -0.1) is 11.8 Å². The first-order valence-electron chi connectivity index (χ1n) is 26.0. The van der Waals surface area contributed by atoms with Crippen LogP contribution in [0, 0.1) is 5.92 Å². The van der Waals surface area contributed by atoms with E-state index in [-0.39, 0.29) is 98.3 Å². The number of sulfone groups is 1. The molecule has 8 amide bonds. The largest absolute Gasteiger partial charge is 0.480 e. The Hall–Kier alpha value is -7.38. The number of carbonyl (C=O) groups excluding carboxylic acids is 8. The predicted octanol–water partition coefficient (Wildman–Crippen LogP) is 1.22. The van der Waals surface area contributed by atoms with Gasteiger partial charge in [-0.25, -0.2) is 8.42 Å². The van der Waals surface area contributed by atoms with Crippen LogP contribution in [0.3, 0.4) is 0 Å². The van der Waals surface area contributed by atoms with Gasteiger partial charge in [-0.1, -0.05) is 18.6 Å². The molecular formula is C53H62N10O13S2. The van der Waals surface area contributed by atoms with Crippen LogP contribution in [-0.2, 0) is 70.9 Å². The molecule has 0 spiro atoms. The Morgan fingerprint density at radius 1 is 0.897 bits per heavy atom. The quantitative estimate of drug-likeness (QED) is 0.0406. The summed E-state index contributed by atoms with van der Waals surface area (Å²) < 4.78 is 27.4. The van der Waals surface area contributed by atoms with Crippen molar-refractivity contribution >= 4 is 91.4 Å². The summed E-state index contributed by atoms with van der Waals surface area (Å²) in [5.41, 5.74) is 10.6. The Bertz CT molecular complexity index is 3350. The molecule has 5 aliphatic rings. The van der Waals surface area contributed by atoms with Crippen LogP contribution >= 0.6 is 11.8 Å². The third-order valence-electron chi connectivity index (χ3n) is 14.8. The fourth-order valence-electron chi connectivity index (χ4n) is 10.6. The fraction of sp³-hybridized carbons (Fsp3) is 0.472. The average Bonchev–Trinajstić information content (AvgIpc) is 4.12. The number of nitrogens with one attached hydrogen (secondary N) is 5. The Morgan fingerprint density at radius 2 is 1.65 bits per heavy atom. The number of aryl methyl sites for hydroxylation is 2. The summed E-state index contributed by atoms with van der Waals surface area (Å²) in [6, 6.07) is 7.19. The maximum absolute atomic E-state index is 14.2. The van der Waals surface area contributed by atoms with Gasteiger partial charge in [0.25, 0.3) is 23.3 Å². The second kappa shape index (κ2) is 22.9. The van der Waals surface area contributed by atoms with Gasteiger partial charge in [-0.3, -0.25) is 58.2 Å². The number of fused-ring (bicyclic) bond motifs is 3. The van der Waals surface area contributed by atoms with Crippen molar-refractivity contribution in [1.82, 2.24) is 40.6 Å². The molecule has 0 radical (unpaired) electrons. The molecule has 2 aromatic carbocycles. The maximum Gasteiger partial charge on any atom is 0.321 e. The lowest BCUT2D eigenvalue weighted by molar-refractivity contribution is -0.140. The molecule has 23 nitrogen and oxygen atoms in total. The number of aromatic nitrogens is 2. The van der Waals surface area contributed by atoms with E-state index in [0.717, 1.165) is 59.7 Å². The van der Waals surface area contributed by atoms with Crippen molar-refractivity contribution in [3.05, 3.63) is 86.0 Å². The number of thioether (sulfide) groups is 1. The lowest BCUT2D eigenvalue weighted by Gasteiger charge is -2.29. The zero-order valence-electron chi connectivity index (χ0n) is 43.2. The lowest BCUT2D eigenvalue weighted by atomic mass is 9.95. The number of nitrogens with two attached hydrogens (primary N) is 1. The van der Waals surface area contributed by atoms with Gasteiger partial charge in [-0.05, 0) is 79.3 Å². The third-order valence-corrected chi connectivity index (χ3v) is 17.0. The standard InChI is InChI=1S/C53H62N10O13S2/c1-60-24-35-34-19-31(27-78(2,75)76)33(47(67)56-14-5-3-4-6-28-9-10-32-30(18-28)23-63(50(32)70)38-11-12-42(65)58-48(38)68)20-39(34)61(22-29-7-8-29)25-36-44(35)46(52(60)72)59-45(36)49(69)57-16-15-55-41(64)13-17-62-43(66)21-40(51(62)71)77-26-37(54)53(73)74/h9-10,18-20,24,29,37-38,40,59H,3-8,11-17,21-23,25-27,54H2,1-2H3,(H,55,64)(H,56,67)(H,57,69)(H,73,74)(H,58,65,68)/t37-,38?,40?/m0/s1. The number of hydrogen-bond acceptors (Lipinski definition) is 15. The van der Waals surface area contributed by atoms with Crippen molar-refractivity contribution in [3.8, 4) is 11.1 Å². The zero-order valence-corrected chi connectivity index (χ0v) is 44.9. The summed E-state index contributed by atoms with van der Waals surface area (Å²) >= 11 is 0.979. The van der Waals surface area contributed by atoms with Crippen molar-refractivity contribution < 1.29 is 56.7 Å². The first-order valence-corrected chi connectivity index (χ1v) is 29.1. The molecule has 0 bridgehead atoms. The lowest BCUT2D eigenvalue weighted by Crippen LogP contribution is -2.52. The van der Waals surface area contributed by atoms with Crippen molar-refractivity contribution in [1.29, 1.82) is 0 Å². The zero-order chi connectivity index (χ0) is 55.7. The van der Waals surface area contributed by atoms with Gasteiger partial charge in [0.2, 0.25) is 29.5 Å². The van der Waals surface area contributed by atoms with Gasteiger partial charge in [-0.2, -0.15) is 0 Å². The van der Waals surface area contributed by atoms with E-state index in [4.69, 9.17) is 10.8 Å². The smallest absolute Gasteiger partial charge is 0.321 e. The number of likely N-dealkylation sites (tertiary alicyclic amines) is 1. The number of amides is 8. The van der Waals surface area contributed by atoms with Crippen LogP contribution in [0.4, 0.5) is 5.69 Å². The highest BCUT2D eigenvalue weighted by molar-refractivity contribution is 8.00. The Morgan fingerprint density at radius 3 is 2.38 bits per heavy atom. The van der Waals surface area contributed by atoms with Crippen molar-refractivity contribution in [2.75, 3.05) is 49.6 Å². The number of H-pyrrole nitrogens is 1. The van der Waals surface area contributed by atoms with Gasteiger partial charge in [0.15, 0.2) is 9.84 Å². The van der Waals surface area contributed by atoms with Crippen LogP contribution in [0.1, 0.15) is 111 Å². The van der Waals surface area contributed by atoms with E-state index < -0.39 is 79.9 Å². The van der Waals surface area contributed by atoms with Gasteiger partial charge in [0.1, 0.15) is 23.3 Å². The number of aromatic amines is 1. The van der Waals surface area contributed by atoms with E-state index in [9.17, 15) is 56.4 Å². The molecule has 1 aliphatic carbocycles. The van der Waals surface area contributed by atoms with Crippen molar-refractivity contribution in [2.24, 2.45) is 18.7 Å². The number of hydrogen-bond donors (Lipinski definition) is 7. The van der Waals surface area contributed by atoms with Crippen molar-refractivity contribution in [3.63, 3.8) is 0 Å². The minimum atomic E-state index is -3.68. The van der Waals surface area contributed by atoms with E-state index in [1.807, 2.05) is 12.1 Å². The van der Waals surface area contributed by atoms with Crippen LogP contribution in [0.15, 0.2) is 41.3 Å². The molecule has 1 saturated carbocycles. The van der Waals surface area contributed by atoms with Crippen LogP contribution in [0.2, 0.25) is 0 Å². The Kier molecular flexibility index (Phi) is 16.3. The molecule has 8 N–H and O–H groups in total. The second-order valence-corrected chi connectivity index (χ2v) is 24.2. The van der Waals surface area contributed by atoms with E-state index in [2.05, 4.69) is 31.2 Å². The molecule has 6 heterocycles. The highest BCUT2D eigenvalue weighted by Gasteiger charge is 2.41. The number of unbranched alkanes of at least 4 members (excludes halogenated alkanes) is 2. The average molecular weight is 1110 g/mol. The summed E-state index contributed by atoms with van der Waals surface area (Å²) in [6.07, 6.45) is 7.67. The number of carboxylic acids is 1. The molecule has 2 aromatic heterocycles. The van der Waals surface area contributed by atoms with Crippen LogP contribution in [0.5, 0.6) is 0 Å². The highest BCUT2D eigenvalue weighted by Crippen LogP contribution is 2.45. The molecule has 4 aromatic rings. The maximum atomic E-state index is 14.2. The number of anilines is 1. The molecule has 3 fully saturated rings. The molecular weight excluding hydrogens is 1050 g/mol. The molecule has 3 atom stereocenters. The highest BCUT2D eigenvalue weighted by atomic mass is 32.2. The monoisotopic (exact) mass is 1110 g/mol. The number of pyridine rings is 1. The molecule has 2 unspecified atom stereocenters. The number of nitrogens with zero attached hydrogens (tertiary/aromatic N) is 4. The summed E-state index contributed by atoms with van der Waals surface area (Å²) in [4.78, 5) is 136. The number of carbonyl (C=O) groups is 9. The van der Waals surface area contributed by atoms with Gasteiger partial charge in [0, 0.05) is 129 Å². The van der Waals surface area contributed by atoms with E-state index in [1.54, 1.807) is 31.4 Å². The molecule has 414 valence electrons. The topological polar surface area (TPSA) is 330 Å². The van der Waals surface area contributed by atoms with Crippen molar-refractivity contribution in [2.45, 2.75) is 100 Å². The fourth-order valence-corrected chi connectivity index (χ4v) is 12.5. The minimum Gasteiger partial charge on any atom is -0.480 e. The van der Waals surface area contributed by atoms with Crippen LogP contribution in [0.25, 0.3) is 22.0 Å². The number of piperidine rings is 1. The van der Waals surface area contributed by atoms with Gasteiger partial charge >= 0.3 is 5.97 Å². The van der Waals surface area contributed by atoms with E-state index >= 15 is 0 Å². The number of aliphatic carboxylic acids is 1. The predicted molar refractivity (Wildman–Crippen MR) is 287 cm³/mol. The van der Waals surface area contributed by atoms with E-state index in [0.29, 0.717) is 65.2 Å². The second-order valence-electron chi connectivity index (χ2n) is 20.8. The van der Waals surface area contributed by atoms with Gasteiger partial charge < -0.3 is 46.1 Å². The van der Waals surface area contributed by atoms with Crippen LogP contribution < -0.4 is 37.5 Å². The molecule has 25 heteroatoms. The SMILES string of the molecule is Cn1cc2c3c(c(C(=O)NCCNC(=O)CCN4C(=O)CC(SC[C@H](N)C(=O)O)C4=O)[nH]c3c1=O)CN(CC1CC1)c1cc(C(=O)NCCCCCc3ccc4c(c3)CN(C3CCC(=O)NC3=O)C4=O)c(CS(C)(=O)=O)cc1-2. The molecule has 9 rings (SSSR count). The Balaban J connectivity index is 0.847. The number of imide groups is 2. The van der Waals surface area contributed by atoms with Crippen LogP contribution in [-0.4, -0.2) is 148 Å². The summed E-state index contributed by atoms with van der Waals surface area (Å²) in [5, 5.41) is 19.5. The summed E-state index contributed by atoms with van der Waals surface area (Å²) in [5.74, 6) is -4.94. The number of benzene rings is 2. The number of carboxylic acid groups (broad SMARTS) is 1. The molecule has 2 saturated heterocycles. The minimum absolute atomic E-state index is 0.0108. The first-order chi connectivity index (χ1) is 37.1. The number of rotatable bonds is 23. The summed E-state index contributed by atoms with van der Waals surface area (Å²) in [7, 11) is -2.10. The first kappa shape index (κ1) is 55.4. The third kappa shape index (κ3) is 12.2.